The molecule has 2 aromatic heterocycles. The van der Waals surface area contributed by atoms with Gasteiger partial charge in [0.1, 0.15) is 0 Å². The van der Waals surface area contributed by atoms with Gasteiger partial charge in [-0.3, -0.25) is 14.6 Å². The number of aliphatic imine (C=N–C) groups is 1. The van der Waals surface area contributed by atoms with Crippen molar-refractivity contribution in [3.05, 3.63) is 40.8 Å². The molecule has 2 unspecified atom stereocenters. The van der Waals surface area contributed by atoms with E-state index >= 15 is 0 Å². The first kappa shape index (κ1) is 24.1. The Hall–Kier alpha value is -1.13. The third-order valence-electron chi connectivity index (χ3n) is 5.49. The maximum Gasteiger partial charge on any atom is 0.191 e. The molecule has 6 nitrogen and oxygen atoms in total. The zero-order valence-electron chi connectivity index (χ0n) is 17.8. The molecule has 1 fully saturated rings. The van der Waals surface area contributed by atoms with E-state index in [0.717, 1.165) is 31.5 Å². The summed E-state index contributed by atoms with van der Waals surface area (Å²) in [7, 11) is 1.84. The summed E-state index contributed by atoms with van der Waals surface area (Å²) >= 11 is 1.85. The van der Waals surface area contributed by atoms with Gasteiger partial charge in [0.25, 0.3) is 0 Å². The van der Waals surface area contributed by atoms with Gasteiger partial charge >= 0.3 is 0 Å². The van der Waals surface area contributed by atoms with E-state index in [0.29, 0.717) is 12.0 Å². The second kappa shape index (κ2) is 12.5. The van der Waals surface area contributed by atoms with E-state index in [4.69, 9.17) is 0 Å². The van der Waals surface area contributed by atoms with Crippen molar-refractivity contribution in [2.45, 2.75) is 39.3 Å². The number of halogens is 1. The number of hydrogen-bond donors (Lipinski definition) is 2. The molecule has 0 amide bonds. The van der Waals surface area contributed by atoms with Crippen molar-refractivity contribution < 1.29 is 0 Å². The zero-order chi connectivity index (χ0) is 19.8. The van der Waals surface area contributed by atoms with Gasteiger partial charge in [-0.05, 0) is 55.3 Å². The van der Waals surface area contributed by atoms with Gasteiger partial charge in [-0.2, -0.15) is 5.10 Å². The standard InChI is InChI=1S/C21H34N6S.HI/c1-17-7-11-26(12-8-17)19(20-6-4-13-28-20)15-24-21(22-3)23-14-18(2)16-27-10-5-9-25-27;/h4-6,9-10,13,17-19H,7-8,11-12,14-16H2,1-3H3,(H2,22,23,24);1H. The minimum Gasteiger partial charge on any atom is -0.356 e. The molecule has 0 saturated carbocycles. The van der Waals surface area contributed by atoms with Gasteiger partial charge in [0, 0.05) is 44.0 Å². The van der Waals surface area contributed by atoms with Crippen LogP contribution in [0.5, 0.6) is 0 Å². The third-order valence-corrected chi connectivity index (χ3v) is 6.47. The van der Waals surface area contributed by atoms with Gasteiger partial charge in [0.05, 0.1) is 6.04 Å². The van der Waals surface area contributed by atoms with E-state index in [9.17, 15) is 0 Å². The van der Waals surface area contributed by atoms with Crippen molar-refractivity contribution in [1.82, 2.24) is 25.3 Å². The lowest BCUT2D eigenvalue weighted by Gasteiger charge is -2.36. The summed E-state index contributed by atoms with van der Waals surface area (Å²) in [5.74, 6) is 2.19. The monoisotopic (exact) mass is 530 g/mol. The summed E-state index contributed by atoms with van der Waals surface area (Å²) in [5, 5.41) is 13.5. The predicted molar refractivity (Wildman–Crippen MR) is 133 cm³/mol. The molecule has 162 valence electrons. The van der Waals surface area contributed by atoms with Crippen LogP contribution in [-0.4, -0.2) is 53.9 Å². The van der Waals surface area contributed by atoms with Gasteiger partial charge in [0.2, 0.25) is 0 Å². The van der Waals surface area contributed by atoms with Crippen LogP contribution in [0.4, 0.5) is 0 Å². The number of hydrogen-bond acceptors (Lipinski definition) is 4. The van der Waals surface area contributed by atoms with Crippen molar-refractivity contribution in [3.63, 3.8) is 0 Å². The molecule has 2 N–H and O–H groups in total. The van der Waals surface area contributed by atoms with E-state index in [-0.39, 0.29) is 24.0 Å². The van der Waals surface area contributed by atoms with E-state index in [2.05, 4.69) is 57.0 Å². The Bertz CT molecular complexity index is 695. The maximum atomic E-state index is 4.42. The van der Waals surface area contributed by atoms with Gasteiger partial charge < -0.3 is 10.6 Å². The lowest BCUT2D eigenvalue weighted by Crippen LogP contribution is -2.45. The fraction of sp³-hybridized carbons (Fsp3) is 0.619. The molecule has 8 heteroatoms. The Labute approximate surface area is 196 Å². The third kappa shape index (κ3) is 7.57. The second-order valence-corrected chi connectivity index (χ2v) is 8.90. The van der Waals surface area contributed by atoms with Crippen LogP contribution in [0.3, 0.4) is 0 Å². The molecule has 1 aliphatic heterocycles. The highest BCUT2D eigenvalue weighted by Gasteiger charge is 2.25. The second-order valence-electron chi connectivity index (χ2n) is 7.92. The van der Waals surface area contributed by atoms with Gasteiger partial charge in [-0.15, -0.1) is 35.3 Å². The van der Waals surface area contributed by atoms with Crippen molar-refractivity contribution in [2.75, 3.05) is 33.2 Å². The predicted octanol–water partition coefficient (Wildman–Crippen LogP) is 3.84. The minimum absolute atomic E-state index is 0. The first-order chi connectivity index (χ1) is 13.7. The Balaban J connectivity index is 0.00000300. The van der Waals surface area contributed by atoms with Crippen LogP contribution in [0, 0.1) is 11.8 Å². The summed E-state index contributed by atoms with van der Waals surface area (Å²) in [5.41, 5.74) is 0. The highest BCUT2D eigenvalue weighted by atomic mass is 127. The molecule has 2 atom stereocenters. The molecule has 0 bridgehead atoms. The Morgan fingerprint density at radius 3 is 2.66 bits per heavy atom. The number of aromatic nitrogens is 2. The molecule has 0 spiro atoms. The quantitative estimate of drug-likeness (QED) is 0.310. The fourth-order valence-corrected chi connectivity index (χ4v) is 4.57. The molecule has 0 aliphatic carbocycles. The molecule has 1 aliphatic rings. The number of thiophene rings is 1. The summed E-state index contributed by atoms with van der Waals surface area (Å²) < 4.78 is 1.98. The highest BCUT2D eigenvalue weighted by Crippen LogP contribution is 2.29. The first-order valence-electron chi connectivity index (χ1n) is 10.3. The van der Waals surface area contributed by atoms with Crippen LogP contribution in [0.2, 0.25) is 0 Å². The van der Waals surface area contributed by atoms with Crippen LogP contribution in [0.25, 0.3) is 0 Å². The van der Waals surface area contributed by atoms with E-state index in [1.807, 2.05) is 41.5 Å². The Kier molecular flexibility index (Phi) is 10.4. The van der Waals surface area contributed by atoms with E-state index in [1.165, 1.54) is 30.8 Å². The summed E-state index contributed by atoms with van der Waals surface area (Å²) in [6, 6.07) is 6.79. The van der Waals surface area contributed by atoms with Crippen molar-refractivity contribution >= 4 is 41.3 Å². The van der Waals surface area contributed by atoms with Gasteiger partial charge in [0.15, 0.2) is 5.96 Å². The first-order valence-corrected chi connectivity index (χ1v) is 11.2. The minimum atomic E-state index is 0. The number of nitrogens with zero attached hydrogens (tertiary/aromatic N) is 4. The molecule has 3 rings (SSSR count). The lowest BCUT2D eigenvalue weighted by molar-refractivity contribution is 0.140. The number of nitrogens with one attached hydrogen (secondary N) is 2. The van der Waals surface area contributed by atoms with E-state index in [1.54, 1.807) is 0 Å². The lowest BCUT2D eigenvalue weighted by atomic mass is 9.97. The molecule has 0 aromatic carbocycles. The molecule has 3 heterocycles. The summed E-state index contributed by atoms with van der Waals surface area (Å²) in [4.78, 5) is 8.49. The molecular formula is C21H35IN6S. The number of guanidine groups is 1. The highest BCUT2D eigenvalue weighted by molar-refractivity contribution is 14.0. The topological polar surface area (TPSA) is 57.5 Å². The van der Waals surface area contributed by atoms with Crippen LogP contribution < -0.4 is 10.6 Å². The molecule has 29 heavy (non-hydrogen) atoms. The van der Waals surface area contributed by atoms with Crippen LogP contribution >= 0.6 is 35.3 Å². The Morgan fingerprint density at radius 2 is 2.03 bits per heavy atom. The van der Waals surface area contributed by atoms with Crippen molar-refractivity contribution in [3.8, 4) is 0 Å². The normalized spacial score (nSPS) is 18.1. The average molecular weight is 531 g/mol. The summed E-state index contributed by atoms with van der Waals surface area (Å²) in [6.45, 7) is 9.60. The SMILES string of the molecule is CN=C(NCC(C)Cn1cccn1)NCC(c1cccs1)N1CCC(C)CC1.I. The fourth-order valence-electron chi connectivity index (χ4n) is 3.71. The number of rotatable bonds is 8. The summed E-state index contributed by atoms with van der Waals surface area (Å²) in [6.07, 6.45) is 6.42. The largest absolute Gasteiger partial charge is 0.356 e. The van der Waals surface area contributed by atoms with Gasteiger partial charge in [-0.25, -0.2) is 0 Å². The average Bonchev–Trinajstić information content (AvgIpc) is 3.40. The smallest absolute Gasteiger partial charge is 0.191 e. The molecule has 1 saturated heterocycles. The zero-order valence-corrected chi connectivity index (χ0v) is 20.9. The van der Waals surface area contributed by atoms with Gasteiger partial charge in [-0.1, -0.05) is 19.9 Å². The Morgan fingerprint density at radius 1 is 1.28 bits per heavy atom. The van der Waals surface area contributed by atoms with Crippen LogP contribution in [0.15, 0.2) is 41.0 Å². The molecule has 0 radical (unpaired) electrons. The van der Waals surface area contributed by atoms with Crippen molar-refractivity contribution in [1.29, 1.82) is 0 Å². The maximum absolute atomic E-state index is 4.42. The van der Waals surface area contributed by atoms with Crippen LogP contribution in [0.1, 0.15) is 37.6 Å². The number of piperidine rings is 1. The molecule has 2 aromatic rings. The molecular weight excluding hydrogens is 495 g/mol. The van der Waals surface area contributed by atoms with Crippen LogP contribution in [-0.2, 0) is 6.54 Å². The van der Waals surface area contributed by atoms with Crippen molar-refractivity contribution in [2.24, 2.45) is 16.8 Å². The van der Waals surface area contributed by atoms with E-state index < -0.39 is 0 Å². The number of likely N-dealkylation sites (tertiary alicyclic amines) is 1.